The molecule has 0 heterocycles. The normalized spacial score (nSPS) is 13.2. The van der Waals surface area contributed by atoms with E-state index in [-0.39, 0.29) is 11.4 Å². The van der Waals surface area contributed by atoms with Gasteiger partial charge in [-0.2, -0.15) is 0 Å². The highest BCUT2D eigenvalue weighted by atomic mass is 16.5. The van der Waals surface area contributed by atoms with E-state index in [0.29, 0.717) is 5.92 Å². The minimum absolute atomic E-state index is 0.0892. The Morgan fingerprint density at radius 3 is 2.30 bits per heavy atom. The summed E-state index contributed by atoms with van der Waals surface area (Å²) in [5, 5.41) is 2.94. The van der Waals surface area contributed by atoms with Gasteiger partial charge in [-0.3, -0.25) is 4.79 Å². The van der Waals surface area contributed by atoms with Crippen molar-refractivity contribution in [2.45, 2.75) is 66.0 Å². The monoisotopic (exact) mass is 277 g/mol. The largest absolute Gasteiger partial charge is 0.481 e. The number of rotatable bonds is 4. The third kappa shape index (κ3) is 4.87. The van der Waals surface area contributed by atoms with Crippen molar-refractivity contribution >= 4 is 5.91 Å². The van der Waals surface area contributed by atoms with Crippen molar-refractivity contribution in [3.63, 3.8) is 0 Å². The second kappa shape index (κ2) is 6.29. The maximum Gasteiger partial charge on any atom is 0.261 e. The summed E-state index contributed by atoms with van der Waals surface area (Å²) in [7, 11) is 0. The zero-order chi connectivity index (χ0) is 15.5. The molecule has 0 saturated carbocycles. The van der Waals surface area contributed by atoms with Crippen molar-refractivity contribution in [3.05, 3.63) is 29.3 Å². The van der Waals surface area contributed by atoms with Crippen molar-refractivity contribution in [1.82, 2.24) is 5.32 Å². The maximum atomic E-state index is 12.1. The molecule has 1 aromatic rings. The SMILES string of the molecule is Cc1ccc(C(C)C)c(O[C@H](C)C(=O)NC(C)(C)C)c1. The zero-order valence-electron chi connectivity index (χ0n) is 13.7. The van der Waals surface area contributed by atoms with Gasteiger partial charge in [0, 0.05) is 5.54 Å². The van der Waals surface area contributed by atoms with E-state index in [1.165, 1.54) is 0 Å². The number of aryl methyl sites for hydroxylation is 1. The quantitative estimate of drug-likeness (QED) is 0.909. The molecule has 1 atom stereocenters. The van der Waals surface area contributed by atoms with E-state index in [1.807, 2.05) is 33.8 Å². The fourth-order valence-corrected chi connectivity index (χ4v) is 1.94. The molecule has 20 heavy (non-hydrogen) atoms. The summed E-state index contributed by atoms with van der Waals surface area (Å²) in [5.41, 5.74) is 2.01. The maximum absolute atomic E-state index is 12.1. The van der Waals surface area contributed by atoms with Gasteiger partial charge in [0.25, 0.3) is 5.91 Å². The van der Waals surface area contributed by atoms with Crippen LogP contribution in [0.15, 0.2) is 18.2 Å². The topological polar surface area (TPSA) is 38.3 Å². The van der Waals surface area contributed by atoms with E-state index in [0.717, 1.165) is 16.9 Å². The number of hydrogen-bond donors (Lipinski definition) is 1. The Hall–Kier alpha value is -1.51. The first-order valence-electron chi connectivity index (χ1n) is 7.19. The van der Waals surface area contributed by atoms with Crippen molar-refractivity contribution in [2.24, 2.45) is 0 Å². The Labute approximate surface area is 122 Å². The average molecular weight is 277 g/mol. The lowest BCUT2D eigenvalue weighted by molar-refractivity contribution is -0.128. The van der Waals surface area contributed by atoms with Gasteiger partial charge in [0.1, 0.15) is 5.75 Å². The summed E-state index contributed by atoms with van der Waals surface area (Å²) in [6.07, 6.45) is -0.506. The summed E-state index contributed by atoms with van der Waals surface area (Å²) in [5.74, 6) is 1.08. The standard InChI is InChI=1S/C17H27NO2/c1-11(2)14-9-8-12(3)10-15(14)20-13(4)16(19)18-17(5,6)7/h8-11,13H,1-7H3,(H,18,19)/t13-/m1/s1. The lowest BCUT2D eigenvalue weighted by atomic mass is 10.0. The van der Waals surface area contributed by atoms with Crippen molar-refractivity contribution in [1.29, 1.82) is 0 Å². The number of hydrogen-bond acceptors (Lipinski definition) is 2. The van der Waals surface area contributed by atoms with E-state index in [4.69, 9.17) is 4.74 Å². The number of carbonyl (C=O) groups is 1. The Morgan fingerprint density at radius 1 is 1.20 bits per heavy atom. The van der Waals surface area contributed by atoms with Crippen LogP contribution < -0.4 is 10.1 Å². The Bertz CT molecular complexity index is 472. The van der Waals surface area contributed by atoms with Crippen LogP contribution in [0, 0.1) is 6.92 Å². The molecule has 0 aliphatic heterocycles. The van der Waals surface area contributed by atoms with Crippen molar-refractivity contribution in [2.75, 3.05) is 0 Å². The van der Waals surface area contributed by atoms with Crippen LogP contribution in [0.25, 0.3) is 0 Å². The average Bonchev–Trinajstić information content (AvgIpc) is 2.26. The van der Waals surface area contributed by atoms with Crippen LogP contribution in [-0.4, -0.2) is 17.6 Å². The highest BCUT2D eigenvalue weighted by molar-refractivity contribution is 5.81. The first-order valence-corrected chi connectivity index (χ1v) is 7.19. The molecule has 0 radical (unpaired) electrons. The predicted octanol–water partition coefficient (Wildman–Crippen LogP) is 3.80. The van der Waals surface area contributed by atoms with Crippen LogP contribution in [0.4, 0.5) is 0 Å². The summed E-state index contributed by atoms with van der Waals surface area (Å²) >= 11 is 0. The van der Waals surface area contributed by atoms with Gasteiger partial charge in [0.05, 0.1) is 0 Å². The summed E-state index contributed by atoms with van der Waals surface area (Å²) in [6.45, 7) is 13.9. The number of benzene rings is 1. The molecule has 1 aromatic carbocycles. The molecule has 0 saturated heterocycles. The molecule has 0 spiro atoms. The second-order valence-electron chi connectivity index (χ2n) is 6.70. The molecule has 0 aliphatic rings. The fraction of sp³-hybridized carbons (Fsp3) is 0.588. The van der Waals surface area contributed by atoms with Gasteiger partial charge in [0.2, 0.25) is 0 Å². The lowest BCUT2D eigenvalue weighted by Gasteiger charge is -2.24. The Morgan fingerprint density at radius 2 is 1.80 bits per heavy atom. The molecule has 1 amide bonds. The van der Waals surface area contributed by atoms with Crippen LogP contribution in [-0.2, 0) is 4.79 Å². The summed E-state index contributed by atoms with van der Waals surface area (Å²) in [4.78, 5) is 12.1. The van der Waals surface area contributed by atoms with Crippen LogP contribution in [0.3, 0.4) is 0 Å². The van der Waals surface area contributed by atoms with Gasteiger partial charge < -0.3 is 10.1 Å². The van der Waals surface area contributed by atoms with E-state index >= 15 is 0 Å². The van der Waals surface area contributed by atoms with Gasteiger partial charge in [-0.1, -0.05) is 26.0 Å². The van der Waals surface area contributed by atoms with Gasteiger partial charge >= 0.3 is 0 Å². The third-order valence-corrected chi connectivity index (χ3v) is 2.96. The van der Waals surface area contributed by atoms with E-state index in [9.17, 15) is 4.79 Å². The Balaban J connectivity index is 2.87. The number of amides is 1. The first kappa shape index (κ1) is 16.5. The molecule has 3 heteroatoms. The highest BCUT2D eigenvalue weighted by Gasteiger charge is 2.21. The van der Waals surface area contributed by atoms with Gasteiger partial charge in [-0.15, -0.1) is 0 Å². The fourth-order valence-electron chi connectivity index (χ4n) is 1.94. The Kier molecular flexibility index (Phi) is 5.21. The van der Waals surface area contributed by atoms with Crippen molar-refractivity contribution < 1.29 is 9.53 Å². The molecule has 0 unspecified atom stereocenters. The molecule has 3 nitrogen and oxygen atoms in total. The molecule has 1 N–H and O–H groups in total. The lowest BCUT2D eigenvalue weighted by Crippen LogP contribution is -2.46. The predicted molar refractivity (Wildman–Crippen MR) is 83.3 cm³/mol. The second-order valence-corrected chi connectivity index (χ2v) is 6.70. The summed E-state index contributed by atoms with van der Waals surface area (Å²) in [6, 6.07) is 6.14. The van der Waals surface area contributed by atoms with Crippen LogP contribution in [0.2, 0.25) is 0 Å². The van der Waals surface area contributed by atoms with E-state index in [1.54, 1.807) is 6.92 Å². The molecule has 0 aromatic heterocycles. The van der Waals surface area contributed by atoms with E-state index < -0.39 is 6.10 Å². The minimum Gasteiger partial charge on any atom is -0.481 e. The van der Waals surface area contributed by atoms with Crippen LogP contribution in [0.1, 0.15) is 58.6 Å². The number of nitrogens with one attached hydrogen (secondary N) is 1. The third-order valence-electron chi connectivity index (χ3n) is 2.96. The first-order chi connectivity index (χ1) is 9.10. The van der Waals surface area contributed by atoms with Gasteiger partial charge in [-0.25, -0.2) is 0 Å². The molecular weight excluding hydrogens is 250 g/mol. The molecule has 0 bridgehead atoms. The molecule has 0 aliphatic carbocycles. The molecule has 0 fully saturated rings. The van der Waals surface area contributed by atoms with E-state index in [2.05, 4.69) is 31.3 Å². The number of carbonyl (C=O) groups excluding carboxylic acids is 1. The van der Waals surface area contributed by atoms with Crippen LogP contribution in [0.5, 0.6) is 5.75 Å². The van der Waals surface area contributed by atoms with Gasteiger partial charge in [-0.05, 0) is 57.7 Å². The smallest absolute Gasteiger partial charge is 0.261 e. The minimum atomic E-state index is -0.506. The van der Waals surface area contributed by atoms with Crippen molar-refractivity contribution in [3.8, 4) is 5.75 Å². The zero-order valence-corrected chi connectivity index (χ0v) is 13.7. The highest BCUT2D eigenvalue weighted by Crippen LogP contribution is 2.28. The molecule has 112 valence electrons. The summed E-state index contributed by atoms with van der Waals surface area (Å²) < 4.78 is 5.88. The van der Waals surface area contributed by atoms with Crippen LogP contribution >= 0.6 is 0 Å². The molecular formula is C17H27NO2. The van der Waals surface area contributed by atoms with Gasteiger partial charge in [0.15, 0.2) is 6.10 Å². The molecule has 1 rings (SSSR count). The number of ether oxygens (including phenoxy) is 1.